The van der Waals surface area contributed by atoms with E-state index in [0.717, 1.165) is 32.7 Å². The molecule has 1 unspecified atom stereocenters. The number of amides is 1. The van der Waals surface area contributed by atoms with Crippen molar-refractivity contribution < 1.29 is 9.53 Å². The van der Waals surface area contributed by atoms with Gasteiger partial charge in [0.25, 0.3) is 0 Å². The summed E-state index contributed by atoms with van der Waals surface area (Å²) in [5.74, 6) is 0. The first kappa shape index (κ1) is 12.4. The molecule has 1 amide bonds. The van der Waals surface area contributed by atoms with Crippen LogP contribution < -0.4 is 5.32 Å². The van der Waals surface area contributed by atoms with Crippen molar-refractivity contribution in [2.24, 2.45) is 0 Å². The van der Waals surface area contributed by atoms with E-state index < -0.39 is 0 Å². The second-order valence-corrected chi connectivity index (χ2v) is 11.9. The SMILES string of the molecule is CC(C)(C)OC(=O)NC1CC[Se][Se]C1. The molecular formula is C9H17NO2Se2. The standard InChI is InChI=1S/C9H17NO2Se2/c1-9(2,3)12-8(11)10-7-4-5-13-14-6-7/h7H,4-6H2,1-3H3,(H,10,11). The molecule has 82 valence electrons. The van der Waals surface area contributed by atoms with Crippen LogP contribution in [0, 0.1) is 0 Å². The van der Waals surface area contributed by atoms with Crippen LogP contribution in [0.4, 0.5) is 4.79 Å². The van der Waals surface area contributed by atoms with E-state index in [0.29, 0.717) is 6.04 Å². The third-order valence-electron chi connectivity index (χ3n) is 1.62. The predicted molar refractivity (Wildman–Crippen MR) is 58.9 cm³/mol. The molecule has 1 fully saturated rings. The van der Waals surface area contributed by atoms with Gasteiger partial charge in [-0.3, -0.25) is 0 Å². The molecule has 0 saturated carbocycles. The summed E-state index contributed by atoms with van der Waals surface area (Å²) in [6, 6.07) is 0.375. The van der Waals surface area contributed by atoms with Gasteiger partial charge in [-0.15, -0.1) is 0 Å². The van der Waals surface area contributed by atoms with Crippen molar-refractivity contribution in [1.29, 1.82) is 0 Å². The minimum absolute atomic E-state index is 0.257. The normalized spacial score (nSPS) is 22.9. The fourth-order valence-corrected chi connectivity index (χ4v) is 8.34. The Labute approximate surface area is 96.6 Å². The van der Waals surface area contributed by atoms with Crippen molar-refractivity contribution in [3.05, 3.63) is 0 Å². The first-order chi connectivity index (χ1) is 6.47. The summed E-state index contributed by atoms with van der Waals surface area (Å²) in [7, 11) is 0. The van der Waals surface area contributed by atoms with Gasteiger partial charge in [0.1, 0.15) is 0 Å². The van der Waals surface area contributed by atoms with E-state index in [2.05, 4.69) is 5.32 Å². The molecule has 0 aromatic rings. The number of carbonyl (C=O) groups excluding carboxylic acids is 1. The summed E-state index contributed by atoms with van der Waals surface area (Å²) in [4.78, 5) is 11.4. The molecule has 0 bridgehead atoms. The molecule has 0 aliphatic carbocycles. The zero-order valence-corrected chi connectivity index (χ0v) is 12.3. The molecular weight excluding hydrogens is 312 g/mol. The molecule has 1 aliphatic heterocycles. The number of hydrogen-bond acceptors (Lipinski definition) is 2. The van der Waals surface area contributed by atoms with Crippen molar-refractivity contribution in [2.45, 2.75) is 49.5 Å². The van der Waals surface area contributed by atoms with Gasteiger partial charge in [0.15, 0.2) is 0 Å². The van der Waals surface area contributed by atoms with Gasteiger partial charge in [-0.05, 0) is 0 Å². The van der Waals surface area contributed by atoms with Crippen molar-refractivity contribution in [1.82, 2.24) is 5.32 Å². The van der Waals surface area contributed by atoms with E-state index in [1.165, 1.54) is 10.6 Å². The number of hydrogen-bond donors (Lipinski definition) is 1. The minimum atomic E-state index is -0.381. The van der Waals surface area contributed by atoms with Crippen LogP contribution in [-0.2, 0) is 4.74 Å². The summed E-state index contributed by atoms with van der Waals surface area (Å²) in [6.45, 7) is 5.67. The molecule has 1 heterocycles. The third-order valence-corrected chi connectivity index (χ3v) is 9.06. The van der Waals surface area contributed by atoms with Gasteiger partial charge in [0, 0.05) is 0 Å². The number of rotatable bonds is 1. The Bertz CT molecular complexity index is 197. The van der Waals surface area contributed by atoms with Crippen molar-refractivity contribution in [2.75, 3.05) is 0 Å². The third kappa shape index (κ3) is 5.25. The molecule has 1 saturated heterocycles. The van der Waals surface area contributed by atoms with Crippen LogP contribution in [0.25, 0.3) is 0 Å². The molecule has 0 aromatic heterocycles. The van der Waals surface area contributed by atoms with Crippen molar-refractivity contribution in [3.8, 4) is 0 Å². The first-order valence-electron chi connectivity index (χ1n) is 4.71. The second-order valence-electron chi connectivity index (χ2n) is 4.24. The molecule has 1 rings (SSSR count). The Morgan fingerprint density at radius 3 is 2.64 bits per heavy atom. The Balaban J connectivity index is 2.25. The van der Waals surface area contributed by atoms with Crippen LogP contribution in [0.3, 0.4) is 0 Å². The average molecular weight is 329 g/mol. The Hall–Kier alpha value is 0.309. The van der Waals surface area contributed by atoms with Crippen molar-refractivity contribution in [3.63, 3.8) is 0 Å². The van der Waals surface area contributed by atoms with E-state index in [-0.39, 0.29) is 11.7 Å². The van der Waals surface area contributed by atoms with Crippen LogP contribution in [0.5, 0.6) is 0 Å². The number of carbonyl (C=O) groups is 1. The zero-order chi connectivity index (χ0) is 10.6. The van der Waals surface area contributed by atoms with Crippen molar-refractivity contribution >= 4 is 32.4 Å². The maximum absolute atomic E-state index is 11.4. The van der Waals surface area contributed by atoms with Gasteiger partial charge in [-0.25, -0.2) is 0 Å². The summed E-state index contributed by atoms with van der Waals surface area (Å²) >= 11 is 1.66. The van der Waals surface area contributed by atoms with Gasteiger partial charge in [-0.2, -0.15) is 0 Å². The number of nitrogens with one attached hydrogen (secondary N) is 1. The van der Waals surface area contributed by atoms with Gasteiger partial charge in [0.2, 0.25) is 0 Å². The fraction of sp³-hybridized carbons (Fsp3) is 0.889. The van der Waals surface area contributed by atoms with E-state index in [1.807, 2.05) is 20.8 Å². The zero-order valence-electron chi connectivity index (χ0n) is 8.83. The van der Waals surface area contributed by atoms with Crippen LogP contribution in [-0.4, -0.2) is 44.0 Å². The molecule has 3 nitrogen and oxygen atoms in total. The molecule has 1 N–H and O–H groups in total. The Morgan fingerprint density at radius 1 is 1.43 bits per heavy atom. The van der Waals surface area contributed by atoms with Gasteiger partial charge >= 0.3 is 96.7 Å². The maximum atomic E-state index is 11.4. The van der Waals surface area contributed by atoms with E-state index in [4.69, 9.17) is 4.74 Å². The molecule has 5 heteroatoms. The first-order valence-corrected chi connectivity index (χ1v) is 11.5. The molecule has 1 aliphatic rings. The summed E-state index contributed by atoms with van der Waals surface area (Å²) < 4.78 is 5.20. The Morgan fingerprint density at radius 2 is 2.14 bits per heavy atom. The van der Waals surface area contributed by atoms with Gasteiger partial charge in [0.05, 0.1) is 0 Å². The molecule has 14 heavy (non-hydrogen) atoms. The summed E-state index contributed by atoms with van der Waals surface area (Å²) in [6.07, 6.45) is 0.883. The van der Waals surface area contributed by atoms with Crippen LogP contribution in [0.2, 0.25) is 10.6 Å². The van der Waals surface area contributed by atoms with E-state index in [9.17, 15) is 4.79 Å². The van der Waals surface area contributed by atoms with Crippen LogP contribution >= 0.6 is 0 Å². The summed E-state index contributed by atoms with van der Waals surface area (Å²) in [5, 5.41) is 5.44. The fourth-order valence-electron chi connectivity index (χ4n) is 1.05. The van der Waals surface area contributed by atoms with E-state index >= 15 is 0 Å². The van der Waals surface area contributed by atoms with Crippen LogP contribution in [0.15, 0.2) is 0 Å². The quantitative estimate of drug-likeness (QED) is 0.740. The molecule has 1 atom stereocenters. The molecule has 0 radical (unpaired) electrons. The molecule has 0 aromatic carbocycles. The van der Waals surface area contributed by atoms with Gasteiger partial charge in [-0.1, -0.05) is 0 Å². The second kappa shape index (κ2) is 5.41. The van der Waals surface area contributed by atoms with E-state index in [1.54, 1.807) is 0 Å². The average Bonchev–Trinajstić information content (AvgIpc) is 2.02. The number of ether oxygens (including phenoxy) is 1. The monoisotopic (exact) mass is 331 g/mol. The van der Waals surface area contributed by atoms with Crippen LogP contribution in [0.1, 0.15) is 27.2 Å². The molecule has 0 spiro atoms. The summed E-state index contributed by atoms with van der Waals surface area (Å²) in [5.41, 5.74) is -0.381. The number of alkyl carbamates (subject to hydrolysis) is 1. The van der Waals surface area contributed by atoms with Gasteiger partial charge < -0.3 is 0 Å². The topological polar surface area (TPSA) is 38.3 Å². The predicted octanol–water partition coefficient (Wildman–Crippen LogP) is 1.44. The Kier molecular flexibility index (Phi) is 4.78.